The number of aliphatic carboxylic acids is 2. The number of ether oxygens (including phenoxy) is 7. The van der Waals surface area contributed by atoms with Gasteiger partial charge in [-0.15, -0.1) is 0 Å². The van der Waals surface area contributed by atoms with Gasteiger partial charge in [-0.3, -0.25) is 27.8 Å². The Kier molecular flexibility index (Phi) is 17.1. The molecule has 20 atom stereocenters. The number of hydrogen-bond donors (Lipinski definition) is 14. The van der Waals surface area contributed by atoms with Crippen LogP contribution in [0.3, 0.4) is 0 Å². The lowest BCUT2D eigenvalue weighted by molar-refractivity contribution is -0.352. The van der Waals surface area contributed by atoms with Crippen LogP contribution >= 0.6 is 0 Å². The third-order valence-corrected chi connectivity index (χ3v) is 14.0. The predicted octanol–water partition coefficient (Wildman–Crippen LogP) is -9.69. The zero-order chi connectivity index (χ0) is 49.6. The number of carboxylic acids is 2. The van der Waals surface area contributed by atoms with Gasteiger partial charge in [0.1, 0.15) is 82.9 Å². The van der Waals surface area contributed by atoms with Gasteiger partial charge in [-0.05, 0) is 0 Å². The zero-order valence-electron chi connectivity index (χ0n) is 32.7. The van der Waals surface area contributed by atoms with E-state index in [9.17, 15) is 112 Å². The van der Waals surface area contributed by atoms with E-state index in [1.165, 1.54) is 0 Å². The molecule has 65 heavy (non-hydrogen) atoms. The van der Waals surface area contributed by atoms with E-state index in [2.05, 4.69) is 0 Å². The van der Waals surface area contributed by atoms with Crippen LogP contribution in [0.5, 0.6) is 0 Å². The van der Waals surface area contributed by atoms with Gasteiger partial charge in [-0.2, -0.15) is 33.7 Å². The average molecular weight is 1030 g/mol. The van der Waals surface area contributed by atoms with Gasteiger partial charge in [0.05, 0.1) is 12.2 Å². The molecule has 0 aromatic rings. The molecule has 4 aliphatic heterocycles. The first-order valence-electron chi connectivity index (χ1n) is 18.0. The first kappa shape index (κ1) is 54.6. The molecular formula is C28H44N2O31S4. The monoisotopic (exact) mass is 1030 g/mol. The van der Waals surface area contributed by atoms with E-state index >= 15 is 0 Å². The summed E-state index contributed by atoms with van der Waals surface area (Å²) in [5.41, 5.74) is 0. The average Bonchev–Trinajstić information content (AvgIpc) is 3.11. The number of rotatable bonds is 16. The van der Waals surface area contributed by atoms with Gasteiger partial charge in [-0.25, -0.2) is 9.59 Å². The Balaban J connectivity index is 1.81. The molecule has 0 aliphatic carbocycles. The molecule has 0 bridgehead atoms. The largest absolute Gasteiger partial charge is 0.479 e. The predicted molar refractivity (Wildman–Crippen MR) is 196 cm³/mol. The van der Waals surface area contributed by atoms with Gasteiger partial charge >= 0.3 is 11.9 Å². The van der Waals surface area contributed by atoms with Crippen molar-refractivity contribution in [2.75, 3.05) is 11.5 Å². The fraction of sp³-hybridized carbons (Fsp3) is 0.857. The van der Waals surface area contributed by atoms with Gasteiger partial charge < -0.3 is 84.6 Å². The van der Waals surface area contributed by atoms with Crippen LogP contribution < -0.4 is 10.6 Å². The minimum absolute atomic E-state index is 0.708. The molecular weight excluding hydrogens is 989 g/mol. The Morgan fingerprint density at radius 3 is 1.29 bits per heavy atom. The molecule has 2 amide bonds. The van der Waals surface area contributed by atoms with E-state index in [-0.39, 0.29) is 0 Å². The van der Waals surface area contributed by atoms with Crippen LogP contribution in [0.1, 0.15) is 13.8 Å². The van der Waals surface area contributed by atoms with E-state index in [0.717, 1.165) is 6.92 Å². The fourth-order valence-corrected chi connectivity index (χ4v) is 11.3. The van der Waals surface area contributed by atoms with E-state index in [1.54, 1.807) is 0 Å². The number of amides is 2. The quantitative estimate of drug-likeness (QED) is 0.0638. The fourth-order valence-electron chi connectivity index (χ4n) is 7.37. The number of carbonyl (C=O) groups is 4. The lowest BCUT2D eigenvalue weighted by Gasteiger charge is -2.50. The first-order valence-corrected chi connectivity index (χ1v) is 24.3. The number of hydrogen-bond acceptors (Lipinski definition) is 25. The summed E-state index contributed by atoms with van der Waals surface area (Å²) < 4.78 is 175. The Bertz CT molecular complexity index is 2230. The summed E-state index contributed by atoms with van der Waals surface area (Å²) in [6.45, 7) is 1.49. The second-order valence-corrected chi connectivity index (χ2v) is 20.9. The minimum atomic E-state index is -5.84. The summed E-state index contributed by atoms with van der Waals surface area (Å²) in [6.07, 6.45) is -41.7. The maximum atomic E-state index is 12.9. The normalized spacial score (nSPS) is 40.9. The number of carbonyl (C=O) groups excluding carboxylic acids is 2. The Morgan fingerprint density at radius 2 is 0.877 bits per heavy atom. The molecule has 0 unspecified atom stereocenters. The highest BCUT2D eigenvalue weighted by Crippen LogP contribution is 2.37. The molecule has 4 aliphatic rings. The van der Waals surface area contributed by atoms with Gasteiger partial charge in [0.15, 0.2) is 37.4 Å². The van der Waals surface area contributed by atoms with Crippen LogP contribution in [-0.4, -0.2) is 249 Å². The van der Waals surface area contributed by atoms with Crippen LogP contribution in [0, 0.1) is 0 Å². The van der Waals surface area contributed by atoms with Crippen LogP contribution in [0.4, 0.5) is 0 Å². The van der Waals surface area contributed by atoms with Crippen LogP contribution in [0.2, 0.25) is 0 Å². The van der Waals surface area contributed by atoms with E-state index in [0.29, 0.717) is 6.92 Å². The van der Waals surface area contributed by atoms with E-state index < -0.39 is 197 Å². The minimum Gasteiger partial charge on any atom is -0.479 e. The van der Waals surface area contributed by atoms with Crippen molar-refractivity contribution in [1.29, 1.82) is 0 Å². The molecule has 4 saturated heterocycles. The highest BCUT2D eigenvalue weighted by Gasteiger charge is 2.61. The van der Waals surface area contributed by atoms with Gasteiger partial charge in [-0.1, -0.05) is 0 Å². The molecule has 33 nitrogen and oxygen atoms in total. The van der Waals surface area contributed by atoms with Crippen molar-refractivity contribution in [3.05, 3.63) is 0 Å². The van der Waals surface area contributed by atoms with Crippen molar-refractivity contribution in [1.82, 2.24) is 10.6 Å². The Hall–Kier alpha value is -3.00. The van der Waals surface area contributed by atoms with Crippen molar-refractivity contribution < 1.29 is 145 Å². The Labute approximate surface area is 365 Å². The van der Waals surface area contributed by atoms with E-state index in [4.69, 9.17) is 33.2 Å². The highest BCUT2D eigenvalue weighted by atomic mass is 32.2. The number of carboxylic acid groups (broad SMARTS) is 2. The molecule has 0 radical (unpaired) electrons. The molecule has 0 spiro atoms. The van der Waals surface area contributed by atoms with Crippen molar-refractivity contribution in [3.8, 4) is 0 Å². The summed E-state index contributed by atoms with van der Waals surface area (Å²) in [4.78, 5) is 49.0. The number of aliphatic hydroxyl groups excluding tert-OH is 6. The van der Waals surface area contributed by atoms with Crippen molar-refractivity contribution in [2.45, 2.75) is 135 Å². The summed E-state index contributed by atoms with van der Waals surface area (Å²) in [5.74, 6) is -10.1. The van der Waals surface area contributed by atoms with Gasteiger partial charge in [0.25, 0.3) is 40.5 Å². The molecule has 4 heterocycles. The number of aliphatic hydroxyl groups is 6. The third kappa shape index (κ3) is 13.2. The smallest absolute Gasteiger partial charge is 0.335 e. The molecule has 4 rings (SSSR count). The summed E-state index contributed by atoms with van der Waals surface area (Å²) in [7, 11) is -22.2. The second kappa shape index (κ2) is 20.3. The number of nitrogens with one attached hydrogen (secondary N) is 2. The standard InChI is InChI=1S/C28H44N2O31S4/c1-5(31)29-9-16(21(64(49,50)51)7(55-25(9)42)3-62(43,44)45)57-28-15(37)13(35)18(20(61-28)24(40)41)59-26-10(30-6(2)32)17(22(65(52,53)54)8(56-26)4-63(46,47)48)58-27-14(36)11(33)12(34)19(60-27)23(38)39/h7-22,25-28,33-37,42H,3-4H2,1-2H3,(H,29,31)(H,30,32)(H,38,39)(H,40,41)(H,43,44,45)(H,46,47,48)(H,49,50,51)(H,52,53,54)/t7-,8-,9-,10-,11+,12+,13-,14-,15-,16-,17-,18+,19+,20+,21+,22+,25-,26+,27-,28-/m1/s1. The molecule has 0 aromatic carbocycles. The SMILES string of the molecule is CC(=O)N[C@@H]1[C@@H](O[C@@H]2O[C@H](C(=O)O)[C@@H](O[C@@H]3O[C@H](CS(=O)(=O)O)[C@H](S(=O)(=O)O)[C@H](O[C@@H]4O[C@H](C(=O)O)[C@@H](O)[C@H](O)[C@H]4O)[C@H]3NC(C)=O)[C@H](O)[C@H]2O)[C@@H](S(=O)(=O)O)[C@@H](CS(=O)(=O)O)O[C@H]1O. The molecule has 376 valence electrons. The Morgan fingerprint density at radius 1 is 0.492 bits per heavy atom. The molecule has 4 fully saturated rings. The van der Waals surface area contributed by atoms with Crippen molar-refractivity contribution in [3.63, 3.8) is 0 Å². The lowest BCUT2D eigenvalue weighted by atomic mass is 9.95. The molecule has 37 heteroatoms. The summed E-state index contributed by atoms with van der Waals surface area (Å²) in [6, 6.07) is -4.61. The summed E-state index contributed by atoms with van der Waals surface area (Å²) >= 11 is 0. The first-order chi connectivity index (χ1) is 29.5. The molecule has 14 N–H and O–H groups in total. The topological polar surface area (TPSA) is 536 Å². The lowest BCUT2D eigenvalue weighted by Crippen LogP contribution is -2.71. The molecule has 0 saturated carbocycles. The molecule has 0 aromatic heterocycles. The van der Waals surface area contributed by atoms with Crippen LogP contribution in [0.25, 0.3) is 0 Å². The maximum absolute atomic E-state index is 12.9. The van der Waals surface area contributed by atoms with Crippen molar-refractivity contribution >= 4 is 64.2 Å². The van der Waals surface area contributed by atoms with E-state index in [1.807, 2.05) is 10.6 Å². The van der Waals surface area contributed by atoms with Crippen LogP contribution in [0.15, 0.2) is 0 Å². The van der Waals surface area contributed by atoms with Gasteiger partial charge in [0, 0.05) is 13.8 Å². The summed E-state index contributed by atoms with van der Waals surface area (Å²) in [5, 5.41) is 82.3. The van der Waals surface area contributed by atoms with Crippen molar-refractivity contribution in [2.24, 2.45) is 0 Å². The zero-order valence-corrected chi connectivity index (χ0v) is 36.0. The highest BCUT2D eigenvalue weighted by molar-refractivity contribution is 7.87. The second-order valence-electron chi connectivity index (χ2n) is 14.8. The maximum Gasteiger partial charge on any atom is 0.335 e. The van der Waals surface area contributed by atoms with Gasteiger partial charge in [0.2, 0.25) is 11.8 Å². The van der Waals surface area contributed by atoms with Crippen LogP contribution in [-0.2, 0) is 92.8 Å². The third-order valence-electron chi connectivity index (χ3n) is 9.96.